The van der Waals surface area contributed by atoms with Gasteiger partial charge in [0.05, 0.1) is 0 Å². The second kappa shape index (κ2) is 9.35. The Labute approximate surface area is 118 Å². The molecule has 0 bridgehead atoms. The molecule has 1 fully saturated rings. The summed E-state index contributed by atoms with van der Waals surface area (Å²) in [6.07, 6.45) is 12.7. The summed E-state index contributed by atoms with van der Waals surface area (Å²) in [5.41, 5.74) is 6.13. The molecule has 1 amide bonds. The Morgan fingerprint density at radius 2 is 1.74 bits per heavy atom. The number of nitrogens with two attached hydrogens (primary N) is 1. The highest BCUT2D eigenvalue weighted by atomic mass is 16.2. The van der Waals surface area contributed by atoms with Crippen LogP contribution in [0.2, 0.25) is 0 Å². The van der Waals surface area contributed by atoms with E-state index < -0.39 is 0 Å². The molecule has 0 aromatic rings. The van der Waals surface area contributed by atoms with Crippen LogP contribution in [0.4, 0.5) is 0 Å². The van der Waals surface area contributed by atoms with Gasteiger partial charge in [-0.05, 0) is 19.3 Å². The number of carbonyl (C=O) groups excluding carboxylic acids is 1. The fraction of sp³-hybridized carbons (Fsp3) is 0.938. The van der Waals surface area contributed by atoms with E-state index in [9.17, 15) is 4.79 Å². The van der Waals surface area contributed by atoms with E-state index in [2.05, 4.69) is 6.92 Å². The Morgan fingerprint density at radius 1 is 1.11 bits per heavy atom. The second-order valence-electron chi connectivity index (χ2n) is 6.04. The van der Waals surface area contributed by atoms with Crippen LogP contribution in [0.5, 0.6) is 0 Å². The third kappa shape index (κ3) is 5.94. The van der Waals surface area contributed by atoms with Gasteiger partial charge in [0.25, 0.3) is 0 Å². The van der Waals surface area contributed by atoms with E-state index in [0.717, 1.165) is 19.3 Å². The lowest BCUT2D eigenvalue weighted by Crippen LogP contribution is -2.50. The molecule has 1 rings (SSSR count). The summed E-state index contributed by atoms with van der Waals surface area (Å²) in [6, 6.07) is 0.466. The predicted molar refractivity (Wildman–Crippen MR) is 81.0 cm³/mol. The highest BCUT2D eigenvalue weighted by molar-refractivity contribution is 5.76. The van der Waals surface area contributed by atoms with Gasteiger partial charge < -0.3 is 10.6 Å². The standard InChI is InChI=1S/C16H32N2O/c1-3-4-5-6-7-8-13-16(19)18(2)15-12-10-9-11-14(15)17/h14-15H,3-13,17H2,1-2H3. The van der Waals surface area contributed by atoms with Gasteiger partial charge in [-0.1, -0.05) is 51.9 Å². The molecule has 0 aromatic heterocycles. The molecule has 0 aromatic carbocycles. The van der Waals surface area contributed by atoms with Crippen molar-refractivity contribution >= 4 is 5.91 Å². The molecule has 0 spiro atoms. The van der Waals surface area contributed by atoms with Gasteiger partial charge in [-0.25, -0.2) is 0 Å². The van der Waals surface area contributed by atoms with Crippen LogP contribution in [0, 0.1) is 0 Å². The molecule has 0 heterocycles. The minimum Gasteiger partial charge on any atom is -0.341 e. The summed E-state index contributed by atoms with van der Waals surface area (Å²) in [7, 11) is 1.94. The summed E-state index contributed by atoms with van der Waals surface area (Å²) in [4.78, 5) is 14.1. The normalized spacial score (nSPS) is 23.3. The zero-order chi connectivity index (χ0) is 14.1. The van der Waals surface area contributed by atoms with E-state index in [1.54, 1.807) is 0 Å². The van der Waals surface area contributed by atoms with Crippen LogP contribution in [0.1, 0.15) is 77.6 Å². The van der Waals surface area contributed by atoms with Gasteiger partial charge in [-0.3, -0.25) is 4.79 Å². The lowest BCUT2D eigenvalue weighted by molar-refractivity contribution is -0.133. The van der Waals surface area contributed by atoms with E-state index in [1.807, 2.05) is 11.9 Å². The number of likely N-dealkylation sites (N-methyl/N-ethyl adjacent to an activating group) is 1. The van der Waals surface area contributed by atoms with Crippen molar-refractivity contribution in [2.24, 2.45) is 5.73 Å². The van der Waals surface area contributed by atoms with E-state index in [4.69, 9.17) is 5.73 Å². The Kier molecular flexibility index (Phi) is 8.11. The number of amides is 1. The molecule has 1 aliphatic carbocycles. The molecule has 0 aliphatic heterocycles. The van der Waals surface area contributed by atoms with Crippen molar-refractivity contribution in [3.8, 4) is 0 Å². The van der Waals surface area contributed by atoms with E-state index in [-0.39, 0.29) is 18.0 Å². The monoisotopic (exact) mass is 268 g/mol. The number of hydrogen-bond donors (Lipinski definition) is 1. The Morgan fingerprint density at radius 3 is 2.42 bits per heavy atom. The summed E-state index contributed by atoms with van der Waals surface area (Å²) < 4.78 is 0. The largest absolute Gasteiger partial charge is 0.341 e. The number of rotatable bonds is 8. The minimum absolute atomic E-state index is 0.187. The average Bonchev–Trinajstić information content (AvgIpc) is 2.42. The molecule has 0 saturated heterocycles. The van der Waals surface area contributed by atoms with E-state index in [1.165, 1.54) is 44.9 Å². The van der Waals surface area contributed by atoms with Crippen molar-refractivity contribution in [3.63, 3.8) is 0 Å². The Hall–Kier alpha value is -0.570. The summed E-state index contributed by atoms with van der Waals surface area (Å²) >= 11 is 0. The van der Waals surface area contributed by atoms with Crippen LogP contribution in [0.15, 0.2) is 0 Å². The predicted octanol–water partition coefficient (Wildman–Crippen LogP) is 3.47. The van der Waals surface area contributed by atoms with Crippen LogP contribution >= 0.6 is 0 Å². The molecular formula is C16H32N2O. The maximum Gasteiger partial charge on any atom is 0.222 e. The van der Waals surface area contributed by atoms with E-state index >= 15 is 0 Å². The van der Waals surface area contributed by atoms with Gasteiger partial charge >= 0.3 is 0 Å². The van der Waals surface area contributed by atoms with Crippen molar-refractivity contribution in [2.45, 2.75) is 89.6 Å². The number of unbranched alkanes of at least 4 members (excludes halogenated alkanes) is 5. The van der Waals surface area contributed by atoms with Crippen molar-refractivity contribution < 1.29 is 4.79 Å². The van der Waals surface area contributed by atoms with Crippen LogP contribution in [-0.2, 0) is 4.79 Å². The molecular weight excluding hydrogens is 236 g/mol. The molecule has 1 saturated carbocycles. The quantitative estimate of drug-likeness (QED) is 0.685. The minimum atomic E-state index is 0.187. The molecule has 1 aliphatic rings. The van der Waals surface area contributed by atoms with Gasteiger partial charge in [0, 0.05) is 25.6 Å². The van der Waals surface area contributed by atoms with Gasteiger partial charge in [-0.15, -0.1) is 0 Å². The first-order valence-electron chi connectivity index (χ1n) is 8.18. The van der Waals surface area contributed by atoms with Crippen molar-refractivity contribution in [1.29, 1.82) is 0 Å². The van der Waals surface area contributed by atoms with Crippen molar-refractivity contribution in [2.75, 3.05) is 7.05 Å². The third-order valence-electron chi connectivity index (χ3n) is 4.42. The van der Waals surface area contributed by atoms with Gasteiger partial charge in [-0.2, -0.15) is 0 Å². The smallest absolute Gasteiger partial charge is 0.222 e. The second-order valence-corrected chi connectivity index (χ2v) is 6.04. The molecule has 112 valence electrons. The molecule has 3 heteroatoms. The summed E-state index contributed by atoms with van der Waals surface area (Å²) in [5, 5.41) is 0. The molecule has 19 heavy (non-hydrogen) atoms. The van der Waals surface area contributed by atoms with Crippen LogP contribution < -0.4 is 5.73 Å². The average molecular weight is 268 g/mol. The first-order chi connectivity index (χ1) is 9.16. The number of nitrogens with zero attached hydrogens (tertiary/aromatic N) is 1. The Bertz CT molecular complexity index is 255. The zero-order valence-electron chi connectivity index (χ0n) is 12.9. The lowest BCUT2D eigenvalue weighted by Gasteiger charge is -2.36. The maximum atomic E-state index is 12.1. The molecule has 2 unspecified atom stereocenters. The van der Waals surface area contributed by atoms with Crippen molar-refractivity contribution in [1.82, 2.24) is 4.90 Å². The van der Waals surface area contributed by atoms with Gasteiger partial charge in [0.1, 0.15) is 0 Å². The summed E-state index contributed by atoms with van der Waals surface area (Å²) in [6.45, 7) is 2.23. The van der Waals surface area contributed by atoms with Gasteiger partial charge in [0.2, 0.25) is 5.91 Å². The Balaban J connectivity index is 2.17. The number of carbonyl (C=O) groups is 1. The maximum absolute atomic E-state index is 12.1. The highest BCUT2D eigenvalue weighted by Gasteiger charge is 2.27. The molecule has 0 radical (unpaired) electrons. The zero-order valence-corrected chi connectivity index (χ0v) is 12.9. The van der Waals surface area contributed by atoms with E-state index in [0.29, 0.717) is 6.42 Å². The fourth-order valence-electron chi connectivity index (χ4n) is 3.04. The van der Waals surface area contributed by atoms with Crippen molar-refractivity contribution in [3.05, 3.63) is 0 Å². The summed E-state index contributed by atoms with van der Waals surface area (Å²) in [5.74, 6) is 0.290. The fourth-order valence-corrected chi connectivity index (χ4v) is 3.04. The third-order valence-corrected chi connectivity index (χ3v) is 4.42. The van der Waals surface area contributed by atoms with Crippen LogP contribution in [0.25, 0.3) is 0 Å². The van der Waals surface area contributed by atoms with Gasteiger partial charge in [0.15, 0.2) is 0 Å². The molecule has 2 N–H and O–H groups in total. The van der Waals surface area contributed by atoms with Crippen LogP contribution in [0.3, 0.4) is 0 Å². The molecule has 2 atom stereocenters. The number of hydrogen-bond acceptors (Lipinski definition) is 2. The molecule has 3 nitrogen and oxygen atoms in total. The first-order valence-corrected chi connectivity index (χ1v) is 8.18. The topological polar surface area (TPSA) is 46.3 Å². The van der Waals surface area contributed by atoms with Crippen LogP contribution in [-0.4, -0.2) is 29.9 Å². The lowest BCUT2D eigenvalue weighted by atomic mass is 9.90. The first kappa shape index (κ1) is 16.5. The SMILES string of the molecule is CCCCCCCCC(=O)N(C)C1CCCCC1N. The highest BCUT2D eigenvalue weighted by Crippen LogP contribution is 2.22.